The van der Waals surface area contributed by atoms with Gasteiger partial charge in [-0.1, -0.05) is 18.2 Å². The van der Waals surface area contributed by atoms with Crippen LogP contribution >= 0.6 is 0 Å². The normalized spacial score (nSPS) is 21.2. The number of rotatable bonds is 1. The van der Waals surface area contributed by atoms with Crippen molar-refractivity contribution in [3.05, 3.63) is 35.9 Å². The Hall–Kier alpha value is -0.870. The van der Waals surface area contributed by atoms with E-state index < -0.39 is 0 Å². The van der Waals surface area contributed by atoms with Crippen molar-refractivity contribution in [2.24, 2.45) is 0 Å². The molecular formula is C15H21BrN2O. The lowest BCUT2D eigenvalue weighted by atomic mass is 10.1. The molecule has 0 bridgehead atoms. The van der Waals surface area contributed by atoms with E-state index in [1.807, 2.05) is 35.2 Å². The van der Waals surface area contributed by atoms with Crippen LogP contribution in [-0.2, 0) is 0 Å². The van der Waals surface area contributed by atoms with Gasteiger partial charge in [-0.25, -0.2) is 0 Å². The highest BCUT2D eigenvalue weighted by atomic mass is 79.9. The number of carbonyl (C=O) groups is 1. The molecule has 4 heteroatoms. The molecule has 19 heavy (non-hydrogen) atoms. The van der Waals surface area contributed by atoms with E-state index in [0.29, 0.717) is 0 Å². The Morgan fingerprint density at radius 3 is 2.11 bits per heavy atom. The van der Waals surface area contributed by atoms with Crippen LogP contribution in [0.3, 0.4) is 0 Å². The summed E-state index contributed by atoms with van der Waals surface area (Å²) in [4.78, 5) is 14.3. The Labute approximate surface area is 125 Å². The van der Waals surface area contributed by atoms with Crippen LogP contribution < -0.4 is 17.0 Å². The lowest BCUT2D eigenvalue weighted by molar-refractivity contribution is -0.920. The maximum Gasteiger partial charge on any atom is 0.254 e. The van der Waals surface area contributed by atoms with E-state index in [2.05, 4.69) is 0 Å². The first-order valence-electron chi connectivity index (χ1n) is 6.99. The van der Waals surface area contributed by atoms with Crippen LogP contribution in [0, 0.1) is 0 Å². The van der Waals surface area contributed by atoms with Crippen molar-refractivity contribution in [1.29, 1.82) is 0 Å². The summed E-state index contributed by atoms with van der Waals surface area (Å²) in [7, 11) is 0. The Bertz CT molecular complexity index is 419. The number of carbonyl (C=O) groups excluding carboxylic acids is 1. The van der Waals surface area contributed by atoms with Gasteiger partial charge in [0.15, 0.2) is 0 Å². The predicted molar refractivity (Wildman–Crippen MR) is 71.3 cm³/mol. The van der Waals surface area contributed by atoms with Crippen LogP contribution in [0.4, 0.5) is 0 Å². The van der Waals surface area contributed by atoms with Crippen LogP contribution in [0.2, 0.25) is 0 Å². The zero-order chi connectivity index (χ0) is 12.4. The van der Waals surface area contributed by atoms with Gasteiger partial charge < -0.3 is 26.4 Å². The second-order valence-corrected chi connectivity index (χ2v) is 5.60. The zero-order valence-electron chi connectivity index (χ0n) is 11.2. The Balaban J connectivity index is 0.00000133. The minimum Gasteiger partial charge on any atom is -1.00 e. The van der Waals surface area contributed by atoms with Crippen molar-refractivity contribution in [2.75, 3.05) is 39.3 Å². The first-order chi connectivity index (χ1) is 8.79. The largest absolute Gasteiger partial charge is 1.00 e. The van der Waals surface area contributed by atoms with Crippen molar-refractivity contribution in [3.8, 4) is 0 Å². The van der Waals surface area contributed by atoms with E-state index in [1.165, 1.54) is 30.4 Å². The van der Waals surface area contributed by atoms with Crippen molar-refractivity contribution >= 4 is 5.91 Å². The van der Waals surface area contributed by atoms with E-state index in [9.17, 15) is 4.79 Å². The Morgan fingerprint density at radius 1 is 0.947 bits per heavy atom. The molecule has 0 N–H and O–H groups in total. The number of hydrogen-bond donors (Lipinski definition) is 0. The highest BCUT2D eigenvalue weighted by molar-refractivity contribution is 5.94. The molecule has 1 spiro atoms. The molecule has 2 aliphatic heterocycles. The number of piperazine rings is 1. The Kier molecular flexibility index (Phi) is 4.63. The van der Waals surface area contributed by atoms with Crippen LogP contribution in [0.1, 0.15) is 23.2 Å². The zero-order valence-corrected chi connectivity index (χ0v) is 12.8. The second-order valence-electron chi connectivity index (χ2n) is 5.60. The molecule has 3 rings (SSSR count). The van der Waals surface area contributed by atoms with E-state index >= 15 is 0 Å². The van der Waals surface area contributed by atoms with Gasteiger partial charge in [0.05, 0.1) is 39.3 Å². The van der Waals surface area contributed by atoms with Crippen molar-refractivity contribution in [1.82, 2.24) is 4.90 Å². The lowest BCUT2D eigenvalue weighted by Crippen LogP contribution is -3.00. The van der Waals surface area contributed by atoms with E-state index in [0.717, 1.165) is 31.7 Å². The molecule has 0 aromatic heterocycles. The molecule has 2 fully saturated rings. The monoisotopic (exact) mass is 324 g/mol. The minimum absolute atomic E-state index is 0. The van der Waals surface area contributed by atoms with Crippen LogP contribution in [0.5, 0.6) is 0 Å². The number of nitrogens with zero attached hydrogens (tertiary/aromatic N) is 2. The first-order valence-corrected chi connectivity index (χ1v) is 6.99. The molecule has 1 aromatic carbocycles. The third kappa shape index (κ3) is 3.00. The third-order valence-corrected chi connectivity index (χ3v) is 4.51. The summed E-state index contributed by atoms with van der Waals surface area (Å²) < 4.78 is 1.26. The topological polar surface area (TPSA) is 20.3 Å². The average Bonchev–Trinajstić information content (AvgIpc) is 2.88. The quantitative estimate of drug-likeness (QED) is 0.592. The molecule has 104 valence electrons. The van der Waals surface area contributed by atoms with E-state index in [1.54, 1.807) is 0 Å². The minimum atomic E-state index is 0. The fourth-order valence-corrected chi connectivity index (χ4v) is 3.31. The summed E-state index contributed by atoms with van der Waals surface area (Å²) in [6, 6.07) is 9.66. The average molecular weight is 325 g/mol. The highest BCUT2D eigenvalue weighted by Gasteiger charge is 2.36. The first kappa shape index (κ1) is 14.5. The molecule has 0 unspecified atom stereocenters. The van der Waals surface area contributed by atoms with Crippen LogP contribution in [0.15, 0.2) is 30.3 Å². The van der Waals surface area contributed by atoms with Crippen molar-refractivity contribution in [3.63, 3.8) is 0 Å². The number of amides is 1. The molecule has 1 amide bonds. The molecule has 0 radical (unpaired) electrons. The molecule has 0 aliphatic carbocycles. The fraction of sp³-hybridized carbons (Fsp3) is 0.533. The highest BCUT2D eigenvalue weighted by Crippen LogP contribution is 2.22. The summed E-state index contributed by atoms with van der Waals surface area (Å²) in [5.41, 5.74) is 0.826. The standard InChI is InChI=1S/C15H21N2O.BrH/c18-15(14-6-2-1-3-7-14)16-8-12-17(13-9-16)10-4-5-11-17;/h1-3,6-7H,4-5,8-13H2;1H/q+1;/p-1. The van der Waals surface area contributed by atoms with Gasteiger partial charge in [0.2, 0.25) is 0 Å². The molecule has 0 atom stereocenters. The van der Waals surface area contributed by atoms with Gasteiger partial charge in [0.25, 0.3) is 5.91 Å². The number of halogens is 1. The van der Waals surface area contributed by atoms with Gasteiger partial charge in [0.1, 0.15) is 0 Å². The van der Waals surface area contributed by atoms with Gasteiger partial charge >= 0.3 is 0 Å². The SMILES string of the molecule is O=C(c1ccccc1)N1CC[N+]2(CCCC2)CC1.[Br-]. The Morgan fingerprint density at radius 2 is 1.53 bits per heavy atom. The predicted octanol–water partition coefficient (Wildman–Crippen LogP) is -1.24. The number of benzene rings is 1. The van der Waals surface area contributed by atoms with Crippen molar-refractivity contribution in [2.45, 2.75) is 12.8 Å². The van der Waals surface area contributed by atoms with Gasteiger partial charge in [-0.05, 0) is 12.1 Å². The van der Waals surface area contributed by atoms with Gasteiger partial charge in [-0.15, -0.1) is 0 Å². The molecule has 1 aromatic rings. The van der Waals surface area contributed by atoms with E-state index in [-0.39, 0.29) is 22.9 Å². The van der Waals surface area contributed by atoms with Crippen LogP contribution in [0.25, 0.3) is 0 Å². The lowest BCUT2D eigenvalue weighted by Gasteiger charge is -2.42. The third-order valence-electron chi connectivity index (χ3n) is 4.51. The molecular weight excluding hydrogens is 304 g/mol. The van der Waals surface area contributed by atoms with Crippen molar-refractivity contribution < 1.29 is 26.3 Å². The summed E-state index contributed by atoms with van der Waals surface area (Å²) in [6.07, 6.45) is 2.74. The molecule has 2 aliphatic rings. The maximum atomic E-state index is 12.3. The summed E-state index contributed by atoms with van der Waals surface area (Å²) >= 11 is 0. The summed E-state index contributed by atoms with van der Waals surface area (Å²) in [5, 5.41) is 0. The number of quaternary nitrogens is 1. The summed E-state index contributed by atoms with van der Waals surface area (Å²) in [6.45, 7) is 6.80. The van der Waals surface area contributed by atoms with E-state index in [4.69, 9.17) is 0 Å². The summed E-state index contributed by atoms with van der Waals surface area (Å²) in [5.74, 6) is 0.202. The molecule has 2 saturated heterocycles. The maximum absolute atomic E-state index is 12.3. The second kappa shape index (κ2) is 6.06. The van der Waals surface area contributed by atoms with Crippen LogP contribution in [-0.4, -0.2) is 54.6 Å². The van der Waals surface area contributed by atoms with Gasteiger partial charge in [0, 0.05) is 18.4 Å². The van der Waals surface area contributed by atoms with Gasteiger partial charge in [-0.2, -0.15) is 0 Å². The van der Waals surface area contributed by atoms with Gasteiger partial charge in [-0.3, -0.25) is 4.79 Å². The molecule has 0 saturated carbocycles. The molecule has 2 heterocycles. The smallest absolute Gasteiger partial charge is 0.254 e. The number of hydrogen-bond acceptors (Lipinski definition) is 1. The fourth-order valence-electron chi connectivity index (χ4n) is 3.31. The molecule has 3 nitrogen and oxygen atoms in total.